The third kappa shape index (κ3) is 2.59. The van der Waals surface area contributed by atoms with E-state index in [2.05, 4.69) is 0 Å². The molecule has 4 aliphatic carbocycles. The fourth-order valence-corrected chi connectivity index (χ4v) is 5.55. The van der Waals surface area contributed by atoms with Crippen LogP contribution in [0.2, 0.25) is 0 Å². The first-order chi connectivity index (χ1) is 11.4. The number of aliphatic hydroxyl groups is 1. The second-order valence-electron chi connectivity index (χ2n) is 8.01. The lowest BCUT2D eigenvalue weighted by molar-refractivity contribution is -0.197. The van der Waals surface area contributed by atoms with Crippen molar-refractivity contribution in [3.05, 3.63) is 29.6 Å². The molecule has 130 valence electrons. The minimum atomic E-state index is -0.685. The fourth-order valence-electron chi connectivity index (χ4n) is 5.55. The predicted molar refractivity (Wildman–Crippen MR) is 84.8 cm³/mol. The number of carbonyl (C=O) groups excluding carboxylic acids is 1. The van der Waals surface area contributed by atoms with E-state index in [1.54, 1.807) is 6.07 Å². The van der Waals surface area contributed by atoms with Crippen molar-refractivity contribution in [1.29, 1.82) is 0 Å². The standard InChI is InChI=1S/C19H23FO4/c1-23-16-3-2-12(5-15(16)20)10-24-17(21)18-6-13-4-14(7-18)9-19(22,8-13)11-18/h2-3,5,13-14,22H,4,6-11H2,1H3/t13-,14+,18?,19?. The largest absolute Gasteiger partial charge is 0.494 e. The first-order valence-electron chi connectivity index (χ1n) is 8.63. The first-order valence-corrected chi connectivity index (χ1v) is 8.63. The summed E-state index contributed by atoms with van der Waals surface area (Å²) in [6.45, 7) is 0.0509. The first kappa shape index (κ1) is 15.9. The molecule has 4 aliphatic rings. The van der Waals surface area contributed by atoms with Crippen LogP contribution in [0, 0.1) is 23.1 Å². The number of hydrogen-bond acceptors (Lipinski definition) is 4. The van der Waals surface area contributed by atoms with Crippen LogP contribution in [0.25, 0.3) is 0 Å². The molecule has 0 aliphatic heterocycles. The summed E-state index contributed by atoms with van der Waals surface area (Å²) in [6.07, 6.45) is 4.93. The van der Waals surface area contributed by atoms with Gasteiger partial charge in [0.05, 0.1) is 18.1 Å². The van der Waals surface area contributed by atoms with Gasteiger partial charge in [-0.2, -0.15) is 0 Å². The second-order valence-corrected chi connectivity index (χ2v) is 8.01. The predicted octanol–water partition coefficient (Wildman–Crippen LogP) is 3.21. The minimum Gasteiger partial charge on any atom is -0.494 e. The van der Waals surface area contributed by atoms with E-state index in [0.29, 0.717) is 23.8 Å². The number of carbonyl (C=O) groups is 1. The van der Waals surface area contributed by atoms with Crippen LogP contribution in [0.3, 0.4) is 0 Å². The monoisotopic (exact) mass is 334 g/mol. The maximum Gasteiger partial charge on any atom is 0.312 e. The van der Waals surface area contributed by atoms with Crippen molar-refractivity contribution in [1.82, 2.24) is 0 Å². The third-order valence-corrected chi connectivity index (χ3v) is 6.05. The quantitative estimate of drug-likeness (QED) is 0.859. The van der Waals surface area contributed by atoms with Gasteiger partial charge in [-0.05, 0) is 68.1 Å². The second kappa shape index (κ2) is 5.45. The molecule has 4 saturated carbocycles. The molecule has 5 rings (SSSR count). The van der Waals surface area contributed by atoms with E-state index < -0.39 is 16.8 Å². The van der Waals surface area contributed by atoms with Crippen LogP contribution >= 0.6 is 0 Å². The van der Waals surface area contributed by atoms with Gasteiger partial charge in [-0.25, -0.2) is 4.39 Å². The molecule has 0 heterocycles. The van der Waals surface area contributed by atoms with Gasteiger partial charge >= 0.3 is 5.97 Å². The minimum absolute atomic E-state index is 0.0509. The van der Waals surface area contributed by atoms with E-state index in [0.717, 1.165) is 32.1 Å². The number of halogens is 1. The number of methoxy groups -OCH3 is 1. The summed E-state index contributed by atoms with van der Waals surface area (Å²) >= 11 is 0. The summed E-state index contributed by atoms with van der Waals surface area (Å²) in [7, 11) is 1.41. The topological polar surface area (TPSA) is 55.8 Å². The Balaban J connectivity index is 1.46. The van der Waals surface area contributed by atoms with Crippen LogP contribution in [0.5, 0.6) is 5.75 Å². The molecule has 0 radical (unpaired) electrons. The Morgan fingerprint density at radius 3 is 2.58 bits per heavy atom. The number of rotatable bonds is 4. The van der Waals surface area contributed by atoms with Gasteiger partial charge in [-0.3, -0.25) is 4.79 Å². The molecule has 0 amide bonds. The maximum atomic E-state index is 13.7. The Hall–Kier alpha value is -1.62. The van der Waals surface area contributed by atoms with Gasteiger partial charge < -0.3 is 14.6 Å². The molecular weight excluding hydrogens is 311 g/mol. The van der Waals surface area contributed by atoms with E-state index in [-0.39, 0.29) is 18.3 Å². The molecule has 1 aromatic rings. The van der Waals surface area contributed by atoms with Crippen LogP contribution in [-0.4, -0.2) is 23.8 Å². The molecular formula is C19H23FO4. The van der Waals surface area contributed by atoms with Crippen LogP contribution in [-0.2, 0) is 16.1 Å². The molecule has 4 atom stereocenters. The molecule has 2 unspecified atom stereocenters. The lowest BCUT2D eigenvalue weighted by Gasteiger charge is -2.58. The highest BCUT2D eigenvalue weighted by molar-refractivity contribution is 5.77. The van der Waals surface area contributed by atoms with Crippen molar-refractivity contribution in [2.45, 2.75) is 50.7 Å². The molecule has 4 bridgehead atoms. The van der Waals surface area contributed by atoms with Crippen molar-refractivity contribution in [2.75, 3.05) is 7.11 Å². The maximum absolute atomic E-state index is 13.7. The lowest BCUT2D eigenvalue weighted by Crippen LogP contribution is -2.58. The Morgan fingerprint density at radius 2 is 2.00 bits per heavy atom. The summed E-state index contributed by atoms with van der Waals surface area (Å²) in [5, 5.41) is 10.7. The Kier molecular flexibility index (Phi) is 3.60. The van der Waals surface area contributed by atoms with Gasteiger partial charge in [0.25, 0.3) is 0 Å². The fraction of sp³-hybridized carbons (Fsp3) is 0.632. The summed E-state index contributed by atoms with van der Waals surface area (Å²) in [6, 6.07) is 4.56. The molecule has 0 spiro atoms. The van der Waals surface area contributed by atoms with Gasteiger partial charge in [0.2, 0.25) is 0 Å². The average Bonchev–Trinajstić information content (AvgIpc) is 2.50. The van der Waals surface area contributed by atoms with Crippen LogP contribution in [0.15, 0.2) is 18.2 Å². The number of benzene rings is 1. The Morgan fingerprint density at radius 1 is 1.29 bits per heavy atom. The zero-order valence-corrected chi connectivity index (χ0v) is 13.9. The highest BCUT2D eigenvalue weighted by Gasteiger charge is 2.60. The Labute approximate surface area is 141 Å². The summed E-state index contributed by atoms with van der Waals surface area (Å²) in [5.74, 6) is 0.347. The summed E-state index contributed by atoms with van der Waals surface area (Å²) in [4.78, 5) is 12.8. The number of hydrogen-bond donors (Lipinski definition) is 1. The summed E-state index contributed by atoms with van der Waals surface area (Å²) in [5.41, 5.74) is -0.621. The Bertz CT molecular complexity index is 657. The van der Waals surface area contributed by atoms with E-state index in [9.17, 15) is 14.3 Å². The molecule has 5 heteroatoms. The highest BCUT2D eigenvalue weighted by Crippen LogP contribution is 2.62. The van der Waals surface area contributed by atoms with Crippen molar-refractivity contribution < 1.29 is 23.8 Å². The highest BCUT2D eigenvalue weighted by atomic mass is 19.1. The smallest absolute Gasteiger partial charge is 0.312 e. The van der Waals surface area contributed by atoms with Crippen molar-refractivity contribution in [3.63, 3.8) is 0 Å². The van der Waals surface area contributed by atoms with Crippen LogP contribution in [0.1, 0.15) is 44.1 Å². The number of esters is 1. The molecule has 0 aromatic heterocycles. The van der Waals surface area contributed by atoms with E-state index in [1.165, 1.54) is 19.2 Å². The van der Waals surface area contributed by atoms with Gasteiger partial charge in [0, 0.05) is 0 Å². The van der Waals surface area contributed by atoms with E-state index in [4.69, 9.17) is 9.47 Å². The zero-order valence-electron chi connectivity index (χ0n) is 13.9. The molecule has 4 fully saturated rings. The molecule has 0 saturated heterocycles. The van der Waals surface area contributed by atoms with Crippen molar-refractivity contribution in [2.24, 2.45) is 17.3 Å². The lowest BCUT2D eigenvalue weighted by atomic mass is 9.48. The average molecular weight is 334 g/mol. The zero-order chi connectivity index (χ0) is 16.9. The third-order valence-electron chi connectivity index (χ3n) is 6.05. The SMILES string of the molecule is COc1ccc(COC(=O)C23C[C@@H]4C[C@@H](CC(O)(C4)C2)C3)cc1F. The van der Waals surface area contributed by atoms with Gasteiger partial charge in [0.1, 0.15) is 6.61 Å². The molecule has 24 heavy (non-hydrogen) atoms. The number of ether oxygens (including phenoxy) is 2. The van der Waals surface area contributed by atoms with Crippen molar-refractivity contribution >= 4 is 5.97 Å². The van der Waals surface area contributed by atoms with E-state index in [1.807, 2.05) is 0 Å². The molecule has 1 aromatic carbocycles. The van der Waals surface area contributed by atoms with Gasteiger partial charge in [0.15, 0.2) is 11.6 Å². The van der Waals surface area contributed by atoms with Gasteiger partial charge in [-0.15, -0.1) is 0 Å². The van der Waals surface area contributed by atoms with Crippen LogP contribution < -0.4 is 4.74 Å². The van der Waals surface area contributed by atoms with Crippen molar-refractivity contribution in [3.8, 4) is 5.75 Å². The molecule has 4 nitrogen and oxygen atoms in total. The molecule has 1 N–H and O–H groups in total. The van der Waals surface area contributed by atoms with Crippen LogP contribution in [0.4, 0.5) is 4.39 Å². The van der Waals surface area contributed by atoms with E-state index >= 15 is 0 Å². The normalized spacial score (nSPS) is 36.6. The van der Waals surface area contributed by atoms with Gasteiger partial charge in [-0.1, -0.05) is 6.07 Å². The summed E-state index contributed by atoms with van der Waals surface area (Å²) < 4.78 is 24.2.